The van der Waals surface area contributed by atoms with E-state index in [1.807, 2.05) is 0 Å². The Bertz CT molecular complexity index is 1190. The maximum atomic E-state index is 13.7. The smallest absolute Gasteiger partial charge is 0.192 e. The summed E-state index contributed by atoms with van der Waals surface area (Å²) in [6, 6.07) is 0. The molecule has 0 radical (unpaired) electrons. The summed E-state index contributed by atoms with van der Waals surface area (Å²) in [6.07, 6.45) is 14.8. The maximum absolute atomic E-state index is 13.7. The molecule has 2 fully saturated rings. The van der Waals surface area contributed by atoms with Crippen molar-refractivity contribution in [1.82, 2.24) is 0 Å². The molecule has 0 spiro atoms. The fraction of sp³-hybridized carbons (Fsp3) is 0.889. The fourth-order valence-corrected chi connectivity index (χ4v) is 14.5. The molecule has 43 heavy (non-hydrogen) atoms. The van der Waals surface area contributed by atoms with Gasteiger partial charge in [-0.1, -0.05) is 64.7 Å². The second-order valence-corrected chi connectivity index (χ2v) is 29.6. The Morgan fingerprint density at radius 2 is 1.70 bits per heavy atom. The maximum Gasteiger partial charge on any atom is 0.192 e. The molecule has 7 heteroatoms. The lowest BCUT2D eigenvalue weighted by atomic mass is 9.60. The minimum atomic E-state index is -3.19. The quantitative estimate of drug-likeness (QED) is 0.174. The summed E-state index contributed by atoms with van der Waals surface area (Å²) in [6.45, 7) is 27.9. The molecule has 4 rings (SSSR count). The van der Waals surface area contributed by atoms with Crippen LogP contribution in [0.4, 0.5) is 0 Å². The number of fused-ring (bicyclic) bond motifs is 1. The van der Waals surface area contributed by atoms with Crippen LogP contribution in [0.3, 0.4) is 0 Å². The molecule has 0 aromatic heterocycles. The molecule has 0 amide bonds. The van der Waals surface area contributed by atoms with Crippen molar-refractivity contribution in [2.24, 2.45) is 23.2 Å². The normalized spacial score (nSPS) is 33.5. The van der Waals surface area contributed by atoms with E-state index in [4.69, 9.17) is 8.85 Å². The van der Waals surface area contributed by atoms with Gasteiger partial charge in [0.2, 0.25) is 0 Å². The van der Waals surface area contributed by atoms with Gasteiger partial charge in [-0.2, -0.15) is 0 Å². The molecule has 6 atom stereocenters. The molecule has 2 saturated carbocycles. The van der Waals surface area contributed by atoms with E-state index < -0.39 is 31.7 Å². The van der Waals surface area contributed by atoms with Gasteiger partial charge in [-0.25, -0.2) is 8.42 Å². The first kappa shape index (κ1) is 35.6. The first-order valence-electron chi connectivity index (χ1n) is 17.6. The highest BCUT2D eigenvalue weighted by Crippen LogP contribution is 2.60. The molecule has 1 heterocycles. The predicted molar refractivity (Wildman–Crippen MR) is 188 cm³/mol. The van der Waals surface area contributed by atoms with Crippen LogP contribution in [0.5, 0.6) is 0 Å². The van der Waals surface area contributed by atoms with Crippen LogP contribution in [-0.4, -0.2) is 47.8 Å². The second kappa shape index (κ2) is 12.4. The van der Waals surface area contributed by atoms with Crippen LogP contribution in [0, 0.1) is 23.2 Å². The van der Waals surface area contributed by atoms with E-state index in [0.29, 0.717) is 17.3 Å². The van der Waals surface area contributed by atoms with Crippen LogP contribution in [-0.2, 0) is 18.7 Å². The monoisotopic (exact) mass is 650 g/mol. The van der Waals surface area contributed by atoms with Gasteiger partial charge in [0.25, 0.3) is 0 Å². The van der Waals surface area contributed by atoms with Gasteiger partial charge in [0.1, 0.15) is 5.25 Å². The Balaban J connectivity index is 1.45. The van der Waals surface area contributed by atoms with Gasteiger partial charge < -0.3 is 8.85 Å². The SMILES string of the molecule is C[C@@H](CCCC(C)(C)O[Si](C)(C)C)[C@H]1CC[C@H]2C(=CC3C4=C(CC(O[Si](C)(C)C(C)(C)C)CC4)CS3(=O)=O)CCC[C@]12C. The van der Waals surface area contributed by atoms with Gasteiger partial charge in [0, 0.05) is 6.10 Å². The number of sulfone groups is 1. The van der Waals surface area contributed by atoms with Crippen molar-refractivity contribution in [3.63, 3.8) is 0 Å². The third-order valence-electron chi connectivity index (χ3n) is 12.1. The molecule has 4 aliphatic rings. The van der Waals surface area contributed by atoms with Gasteiger partial charge in [-0.05, 0) is 138 Å². The van der Waals surface area contributed by atoms with Crippen molar-refractivity contribution in [3.8, 4) is 0 Å². The fourth-order valence-electron chi connectivity index (χ4n) is 9.28. The van der Waals surface area contributed by atoms with Crippen molar-refractivity contribution in [1.29, 1.82) is 0 Å². The Hall–Kier alpha value is -0.216. The number of hydrogen-bond acceptors (Lipinski definition) is 4. The number of hydrogen-bond donors (Lipinski definition) is 0. The Kier molecular flexibility index (Phi) is 10.3. The molecule has 0 saturated heterocycles. The first-order chi connectivity index (χ1) is 19.5. The molecule has 2 unspecified atom stereocenters. The molecule has 248 valence electrons. The zero-order valence-electron chi connectivity index (χ0n) is 30.0. The molecule has 1 aliphatic heterocycles. The highest BCUT2D eigenvalue weighted by atomic mass is 32.2. The topological polar surface area (TPSA) is 52.6 Å². The molecule has 0 aromatic rings. The minimum absolute atomic E-state index is 0.0383. The number of allylic oxidation sites excluding steroid dienone is 1. The van der Waals surface area contributed by atoms with Crippen LogP contribution in [0.1, 0.15) is 119 Å². The average molecular weight is 651 g/mol. The van der Waals surface area contributed by atoms with Gasteiger partial charge in [0.05, 0.1) is 11.4 Å². The lowest BCUT2D eigenvalue weighted by Gasteiger charge is -2.45. The summed E-state index contributed by atoms with van der Waals surface area (Å²) in [5.74, 6) is 2.20. The molecule has 3 aliphatic carbocycles. The summed E-state index contributed by atoms with van der Waals surface area (Å²) in [5.41, 5.74) is 4.12. The summed E-state index contributed by atoms with van der Waals surface area (Å²) in [7, 11) is -6.62. The Morgan fingerprint density at radius 3 is 2.33 bits per heavy atom. The van der Waals surface area contributed by atoms with Crippen LogP contribution in [0.25, 0.3) is 0 Å². The lowest BCUT2D eigenvalue weighted by Crippen LogP contribution is -2.44. The van der Waals surface area contributed by atoms with E-state index in [0.717, 1.165) is 38.0 Å². The largest absolute Gasteiger partial charge is 0.414 e. The second-order valence-electron chi connectivity index (χ2n) is 18.3. The molecule has 0 aromatic carbocycles. The van der Waals surface area contributed by atoms with Crippen LogP contribution in [0.15, 0.2) is 22.8 Å². The van der Waals surface area contributed by atoms with Gasteiger partial charge in [-0.3, -0.25) is 0 Å². The van der Waals surface area contributed by atoms with Crippen molar-refractivity contribution < 1.29 is 17.3 Å². The van der Waals surface area contributed by atoms with Crippen LogP contribution < -0.4 is 0 Å². The average Bonchev–Trinajstić information content (AvgIpc) is 3.29. The van der Waals surface area contributed by atoms with E-state index in [1.54, 1.807) is 0 Å². The minimum Gasteiger partial charge on any atom is -0.414 e. The van der Waals surface area contributed by atoms with Gasteiger partial charge >= 0.3 is 0 Å². The lowest BCUT2D eigenvalue weighted by molar-refractivity contribution is 0.0734. The first-order valence-corrected chi connectivity index (χ1v) is 25.6. The Morgan fingerprint density at radius 1 is 1.02 bits per heavy atom. The van der Waals surface area contributed by atoms with Crippen molar-refractivity contribution in [2.45, 2.75) is 174 Å². The molecular formula is C36H66O4SSi2. The third-order valence-corrected chi connectivity index (χ3v) is 19.8. The molecule has 4 nitrogen and oxygen atoms in total. The summed E-state index contributed by atoms with van der Waals surface area (Å²) < 4.78 is 40.6. The van der Waals surface area contributed by atoms with Crippen LogP contribution >= 0.6 is 0 Å². The van der Waals surface area contributed by atoms with Crippen LogP contribution in [0.2, 0.25) is 37.8 Å². The highest BCUT2D eigenvalue weighted by Gasteiger charge is 2.51. The Labute approximate surface area is 268 Å². The van der Waals surface area contributed by atoms with Crippen molar-refractivity contribution in [3.05, 3.63) is 22.8 Å². The van der Waals surface area contributed by atoms with Crippen molar-refractivity contribution in [2.75, 3.05) is 5.75 Å². The van der Waals surface area contributed by atoms with E-state index in [-0.39, 0.29) is 22.5 Å². The molecular weight excluding hydrogens is 585 g/mol. The predicted octanol–water partition coefficient (Wildman–Crippen LogP) is 10.2. The standard InChI is InChI=1S/C36H66O4SSi2/c1-26(15-13-21-35(5,6)40-42(8,9)10)31-19-20-32-27(16-14-22-36(31,32)7)24-33-30-18-17-29(23-28(30)25-41(33,37)38)39-43(11,12)34(2,3)4/h24,26,29,31-33H,13-23,25H2,1-12H3/t26-,29?,31+,32-,33?,36+/m0/s1. The van der Waals surface area contributed by atoms with Gasteiger partial charge in [0.15, 0.2) is 26.5 Å². The highest BCUT2D eigenvalue weighted by molar-refractivity contribution is 7.92. The third kappa shape index (κ3) is 8.02. The molecule has 0 N–H and O–H groups in total. The molecule has 0 bridgehead atoms. The van der Waals surface area contributed by atoms with E-state index >= 15 is 0 Å². The number of rotatable bonds is 10. The van der Waals surface area contributed by atoms with E-state index in [9.17, 15) is 8.42 Å². The summed E-state index contributed by atoms with van der Waals surface area (Å²) >= 11 is 0. The van der Waals surface area contributed by atoms with Gasteiger partial charge in [-0.15, -0.1) is 0 Å². The van der Waals surface area contributed by atoms with E-state index in [2.05, 4.69) is 87.3 Å². The van der Waals surface area contributed by atoms with Crippen molar-refractivity contribution >= 4 is 26.5 Å². The van der Waals surface area contributed by atoms with E-state index in [1.165, 1.54) is 55.2 Å². The zero-order chi connectivity index (χ0) is 32.2. The zero-order valence-corrected chi connectivity index (χ0v) is 32.8. The summed E-state index contributed by atoms with van der Waals surface area (Å²) in [4.78, 5) is 0. The summed E-state index contributed by atoms with van der Waals surface area (Å²) in [5, 5.41) is -0.224.